The van der Waals surface area contributed by atoms with Gasteiger partial charge < -0.3 is 15.0 Å². The third kappa shape index (κ3) is 2.90. The van der Waals surface area contributed by atoms with Crippen LogP contribution in [0.25, 0.3) is 0 Å². The third-order valence-corrected chi connectivity index (χ3v) is 5.28. The zero-order valence-corrected chi connectivity index (χ0v) is 12.2. The Morgan fingerprint density at radius 1 is 1.40 bits per heavy atom. The Labute approximate surface area is 119 Å². The van der Waals surface area contributed by atoms with Gasteiger partial charge in [-0.15, -0.1) is 0 Å². The number of sulfonamides is 1. The van der Waals surface area contributed by atoms with E-state index in [0.717, 1.165) is 38.0 Å². The lowest BCUT2D eigenvalue weighted by molar-refractivity contribution is 0.114. The summed E-state index contributed by atoms with van der Waals surface area (Å²) in [5.41, 5.74) is 6.57. The number of nitrogens with zero attached hydrogens (tertiary/aromatic N) is 1. The van der Waals surface area contributed by atoms with Crippen molar-refractivity contribution in [3.8, 4) is 0 Å². The van der Waals surface area contributed by atoms with Gasteiger partial charge in [0.15, 0.2) is 0 Å². The molecule has 0 bridgehead atoms. The highest BCUT2D eigenvalue weighted by molar-refractivity contribution is 7.89. The fourth-order valence-electron chi connectivity index (χ4n) is 2.59. The fourth-order valence-corrected chi connectivity index (χ4v) is 3.71. The van der Waals surface area contributed by atoms with Crippen molar-refractivity contribution in [2.75, 3.05) is 13.2 Å². The van der Waals surface area contributed by atoms with Crippen molar-refractivity contribution in [3.63, 3.8) is 0 Å². The zero-order chi connectivity index (χ0) is 14.2. The number of ether oxygens (including phenoxy) is 1. The van der Waals surface area contributed by atoms with Gasteiger partial charge in [0.2, 0.25) is 10.0 Å². The second-order valence-electron chi connectivity index (χ2n) is 5.50. The van der Waals surface area contributed by atoms with Crippen LogP contribution in [0.1, 0.15) is 37.4 Å². The molecule has 1 atom stereocenters. The molecule has 1 aliphatic heterocycles. The minimum Gasteiger partial charge on any atom is -0.377 e. The van der Waals surface area contributed by atoms with Crippen molar-refractivity contribution in [3.05, 3.63) is 18.0 Å². The molecule has 2 aliphatic rings. The highest BCUT2D eigenvalue weighted by Crippen LogP contribution is 2.37. The molecule has 112 valence electrons. The predicted octanol–water partition coefficient (Wildman–Crippen LogP) is 0.739. The van der Waals surface area contributed by atoms with Crippen LogP contribution >= 0.6 is 0 Å². The average molecular weight is 299 g/mol. The summed E-state index contributed by atoms with van der Waals surface area (Å²) in [6.07, 6.45) is 5.83. The van der Waals surface area contributed by atoms with Gasteiger partial charge in [0, 0.05) is 37.6 Å². The first-order valence-corrected chi connectivity index (χ1v) is 8.60. The summed E-state index contributed by atoms with van der Waals surface area (Å²) < 4.78 is 34.7. The van der Waals surface area contributed by atoms with E-state index in [0.29, 0.717) is 24.0 Å². The minimum absolute atomic E-state index is 0.00396. The number of nitrogens with two attached hydrogens (primary N) is 1. The molecule has 1 aliphatic carbocycles. The maximum absolute atomic E-state index is 12.3. The molecule has 1 unspecified atom stereocenters. The molecule has 3 rings (SSSR count). The zero-order valence-electron chi connectivity index (χ0n) is 11.4. The maximum Gasteiger partial charge on any atom is 0.242 e. The molecule has 2 fully saturated rings. The van der Waals surface area contributed by atoms with E-state index in [-0.39, 0.29) is 6.10 Å². The molecule has 0 aromatic carbocycles. The van der Waals surface area contributed by atoms with E-state index in [9.17, 15) is 8.42 Å². The Morgan fingerprint density at radius 3 is 2.80 bits per heavy atom. The van der Waals surface area contributed by atoms with Crippen LogP contribution in [0.15, 0.2) is 17.2 Å². The Kier molecular flexibility index (Phi) is 3.85. The normalized spacial score (nSPS) is 23.4. The Morgan fingerprint density at radius 2 is 2.20 bits per heavy atom. The van der Waals surface area contributed by atoms with Gasteiger partial charge in [-0.25, -0.2) is 13.1 Å². The van der Waals surface area contributed by atoms with E-state index >= 15 is 0 Å². The summed E-state index contributed by atoms with van der Waals surface area (Å²) in [5, 5.41) is 0. The molecule has 1 aromatic rings. The lowest BCUT2D eigenvalue weighted by atomic mass is 10.2. The van der Waals surface area contributed by atoms with Gasteiger partial charge in [0.25, 0.3) is 0 Å². The largest absolute Gasteiger partial charge is 0.377 e. The first-order valence-electron chi connectivity index (χ1n) is 7.12. The van der Waals surface area contributed by atoms with Crippen LogP contribution in [0.2, 0.25) is 0 Å². The number of aromatic nitrogens is 1. The van der Waals surface area contributed by atoms with Crippen LogP contribution in [0.5, 0.6) is 0 Å². The van der Waals surface area contributed by atoms with Crippen molar-refractivity contribution in [1.82, 2.24) is 9.29 Å². The predicted molar refractivity (Wildman–Crippen MR) is 74.8 cm³/mol. The molecule has 1 saturated carbocycles. The molecule has 0 amide bonds. The quantitative estimate of drug-likeness (QED) is 0.811. The van der Waals surface area contributed by atoms with Crippen LogP contribution in [0.3, 0.4) is 0 Å². The molecule has 1 aromatic heterocycles. The average Bonchev–Trinajstić information content (AvgIpc) is 2.98. The summed E-state index contributed by atoms with van der Waals surface area (Å²) in [6, 6.07) is 2.10. The van der Waals surface area contributed by atoms with Gasteiger partial charge in [-0.05, 0) is 31.7 Å². The van der Waals surface area contributed by atoms with Gasteiger partial charge >= 0.3 is 0 Å². The molecule has 0 radical (unpaired) electrons. The molecule has 6 nitrogen and oxygen atoms in total. The molecular formula is C13H21N3O3S. The number of rotatable bonds is 6. The van der Waals surface area contributed by atoms with Crippen LogP contribution in [-0.4, -0.2) is 32.2 Å². The smallest absolute Gasteiger partial charge is 0.242 e. The van der Waals surface area contributed by atoms with E-state index in [1.807, 2.05) is 4.57 Å². The minimum atomic E-state index is -3.47. The Hall–Kier alpha value is -0.890. The van der Waals surface area contributed by atoms with Crippen LogP contribution < -0.4 is 10.5 Å². The number of hydrogen-bond donors (Lipinski definition) is 2. The lowest BCUT2D eigenvalue weighted by Gasteiger charge is -2.10. The highest BCUT2D eigenvalue weighted by Gasteiger charge is 2.28. The summed E-state index contributed by atoms with van der Waals surface area (Å²) in [4.78, 5) is 0.308. The van der Waals surface area contributed by atoms with E-state index in [1.54, 1.807) is 12.3 Å². The fraction of sp³-hybridized carbons (Fsp3) is 0.692. The van der Waals surface area contributed by atoms with Gasteiger partial charge in [0.05, 0.1) is 11.0 Å². The molecule has 0 spiro atoms. The van der Waals surface area contributed by atoms with Crippen LogP contribution in [0, 0.1) is 0 Å². The van der Waals surface area contributed by atoms with Crippen molar-refractivity contribution in [1.29, 1.82) is 0 Å². The standard InChI is InChI=1S/C13H21N3O3S/c14-7-11-6-13(9-16(11)10-3-4-10)20(17,18)15-8-12-2-1-5-19-12/h6,9-10,12,15H,1-5,7-8,14H2. The van der Waals surface area contributed by atoms with E-state index in [4.69, 9.17) is 10.5 Å². The molecular weight excluding hydrogens is 278 g/mol. The van der Waals surface area contributed by atoms with Gasteiger partial charge in [-0.2, -0.15) is 0 Å². The summed E-state index contributed by atoms with van der Waals surface area (Å²) in [6.45, 7) is 1.43. The van der Waals surface area contributed by atoms with Gasteiger partial charge in [0.1, 0.15) is 0 Å². The van der Waals surface area contributed by atoms with E-state index in [1.165, 1.54) is 0 Å². The Balaban J connectivity index is 1.72. The molecule has 2 heterocycles. The summed E-state index contributed by atoms with van der Waals surface area (Å²) in [7, 11) is -3.47. The first kappa shape index (κ1) is 14.1. The van der Waals surface area contributed by atoms with E-state index in [2.05, 4.69) is 4.72 Å². The third-order valence-electron chi connectivity index (χ3n) is 3.89. The van der Waals surface area contributed by atoms with Gasteiger partial charge in [-0.3, -0.25) is 0 Å². The van der Waals surface area contributed by atoms with Crippen molar-refractivity contribution in [2.24, 2.45) is 5.73 Å². The molecule has 1 saturated heterocycles. The van der Waals surface area contributed by atoms with E-state index < -0.39 is 10.0 Å². The van der Waals surface area contributed by atoms with Gasteiger partial charge in [-0.1, -0.05) is 0 Å². The summed E-state index contributed by atoms with van der Waals surface area (Å²) in [5.74, 6) is 0. The number of nitrogens with one attached hydrogen (secondary N) is 1. The van der Waals surface area contributed by atoms with Crippen molar-refractivity contribution in [2.45, 2.75) is 49.3 Å². The Bertz CT molecular complexity index is 572. The highest BCUT2D eigenvalue weighted by atomic mass is 32.2. The van der Waals surface area contributed by atoms with Crippen LogP contribution in [-0.2, 0) is 21.3 Å². The lowest BCUT2D eigenvalue weighted by Crippen LogP contribution is -2.31. The molecule has 20 heavy (non-hydrogen) atoms. The van der Waals surface area contributed by atoms with Crippen LogP contribution in [0.4, 0.5) is 0 Å². The second-order valence-corrected chi connectivity index (χ2v) is 7.26. The maximum atomic E-state index is 12.3. The molecule has 3 N–H and O–H groups in total. The summed E-state index contributed by atoms with van der Waals surface area (Å²) >= 11 is 0. The first-order chi connectivity index (χ1) is 9.60. The second kappa shape index (κ2) is 5.48. The molecule has 7 heteroatoms. The van der Waals surface area contributed by atoms with Crippen molar-refractivity contribution < 1.29 is 13.2 Å². The monoisotopic (exact) mass is 299 g/mol. The topological polar surface area (TPSA) is 86.3 Å². The number of hydrogen-bond acceptors (Lipinski definition) is 4. The van der Waals surface area contributed by atoms with Crippen molar-refractivity contribution >= 4 is 10.0 Å². The SMILES string of the molecule is NCc1cc(S(=O)(=O)NCC2CCCO2)cn1C1CC1.